The zero-order chi connectivity index (χ0) is 22.4. The van der Waals surface area contributed by atoms with Gasteiger partial charge < -0.3 is 14.2 Å². The summed E-state index contributed by atoms with van der Waals surface area (Å²) in [6.45, 7) is 9.86. The molecule has 0 saturated carbocycles. The lowest BCUT2D eigenvalue weighted by molar-refractivity contribution is -0.130. The maximum atomic E-state index is 13.0. The van der Waals surface area contributed by atoms with Crippen molar-refractivity contribution >= 4 is 27.0 Å². The molecule has 0 unspecified atom stereocenters. The van der Waals surface area contributed by atoms with Crippen LogP contribution < -0.4 is 0 Å². The lowest BCUT2D eigenvalue weighted by atomic mass is 10.2. The quantitative estimate of drug-likeness (QED) is 0.556. The Morgan fingerprint density at radius 1 is 1.16 bits per heavy atom. The second-order valence-corrected chi connectivity index (χ2v) is 9.70. The van der Waals surface area contributed by atoms with Gasteiger partial charge in [0, 0.05) is 45.6 Å². The summed E-state index contributed by atoms with van der Waals surface area (Å²) in [5.74, 6) is 0.958. The van der Waals surface area contributed by atoms with Gasteiger partial charge in [-0.2, -0.15) is 4.31 Å². The predicted molar refractivity (Wildman–Crippen MR) is 120 cm³/mol. The Kier molecular flexibility index (Phi) is 8.07. The predicted octanol–water partition coefficient (Wildman–Crippen LogP) is 2.66. The van der Waals surface area contributed by atoms with Crippen LogP contribution in [-0.4, -0.2) is 72.5 Å². The molecule has 0 aliphatic carbocycles. The Hall–Kier alpha value is -1.97. The standard InChI is InChI=1S/C22H34N4O4S/c1-4-7-12-26-20-9-8-18(31(28,29)25-13-15-30-16-14-25)17-19(20)23-21(26)10-11-22(27)24(5-2)6-3/h8-9,17H,4-7,10-16H2,1-3H3. The van der Waals surface area contributed by atoms with Crippen LogP contribution in [-0.2, 0) is 32.5 Å². The van der Waals surface area contributed by atoms with Crippen LogP contribution in [0.25, 0.3) is 11.0 Å². The minimum atomic E-state index is -3.57. The van der Waals surface area contributed by atoms with Crippen LogP contribution in [0.15, 0.2) is 23.1 Å². The highest BCUT2D eigenvalue weighted by Gasteiger charge is 2.27. The van der Waals surface area contributed by atoms with Gasteiger partial charge in [-0.1, -0.05) is 13.3 Å². The van der Waals surface area contributed by atoms with E-state index in [4.69, 9.17) is 9.72 Å². The smallest absolute Gasteiger partial charge is 0.243 e. The summed E-state index contributed by atoms with van der Waals surface area (Å²) in [7, 11) is -3.57. The van der Waals surface area contributed by atoms with E-state index in [1.807, 2.05) is 24.8 Å². The lowest BCUT2D eigenvalue weighted by Crippen LogP contribution is -2.40. The number of imidazole rings is 1. The molecule has 1 aliphatic rings. The number of carbonyl (C=O) groups is 1. The molecule has 1 amide bonds. The van der Waals surface area contributed by atoms with Gasteiger partial charge in [-0.3, -0.25) is 4.79 Å². The van der Waals surface area contributed by atoms with Gasteiger partial charge in [-0.25, -0.2) is 13.4 Å². The molecule has 0 radical (unpaired) electrons. The number of nitrogens with zero attached hydrogens (tertiary/aromatic N) is 4. The minimum Gasteiger partial charge on any atom is -0.379 e. The fourth-order valence-corrected chi connectivity index (χ4v) is 5.39. The van der Waals surface area contributed by atoms with Gasteiger partial charge in [-0.15, -0.1) is 0 Å². The average molecular weight is 451 g/mol. The number of unbranched alkanes of at least 4 members (excludes halogenated alkanes) is 1. The molecule has 0 bridgehead atoms. The summed E-state index contributed by atoms with van der Waals surface area (Å²) >= 11 is 0. The number of hydrogen-bond donors (Lipinski definition) is 0. The Bertz CT molecular complexity index is 992. The van der Waals surface area contributed by atoms with Crippen molar-refractivity contribution in [1.82, 2.24) is 18.8 Å². The van der Waals surface area contributed by atoms with Gasteiger partial charge in [0.2, 0.25) is 15.9 Å². The maximum absolute atomic E-state index is 13.0. The van der Waals surface area contributed by atoms with E-state index >= 15 is 0 Å². The second kappa shape index (κ2) is 10.6. The zero-order valence-electron chi connectivity index (χ0n) is 18.8. The van der Waals surface area contributed by atoms with E-state index in [0.29, 0.717) is 57.8 Å². The summed E-state index contributed by atoms with van der Waals surface area (Å²) < 4.78 is 35.0. The first kappa shape index (κ1) is 23.7. The number of benzene rings is 1. The third-order valence-electron chi connectivity index (χ3n) is 5.82. The van der Waals surface area contributed by atoms with Gasteiger partial charge in [-0.05, 0) is 38.5 Å². The number of morpholine rings is 1. The Balaban J connectivity index is 1.90. The molecular weight excluding hydrogens is 416 g/mol. The fourth-order valence-electron chi connectivity index (χ4n) is 3.97. The first-order valence-corrected chi connectivity index (χ1v) is 12.7. The molecule has 0 N–H and O–H groups in total. The summed E-state index contributed by atoms with van der Waals surface area (Å²) in [5, 5.41) is 0. The van der Waals surface area contributed by atoms with E-state index < -0.39 is 10.0 Å². The van der Waals surface area contributed by atoms with Gasteiger partial charge in [0.15, 0.2) is 0 Å². The normalized spacial score (nSPS) is 15.5. The third kappa shape index (κ3) is 5.27. The SMILES string of the molecule is CCCCn1c(CCC(=O)N(CC)CC)nc2cc(S(=O)(=O)N3CCOCC3)ccc21. The number of aryl methyl sites for hydroxylation is 2. The Morgan fingerprint density at radius 3 is 2.52 bits per heavy atom. The topological polar surface area (TPSA) is 84.7 Å². The van der Waals surface area contributed by atoms with Gasteiger partial charge >= 0.3 is 0 Å². The number of fused-ring (bicyclic) bond motifs is 1. The van der Waals surface area contributed by atoms with Crippen molar-refractivity contribution in [3.63, 3.8) is 0 Å². The van der Waals surface area contributed by atoms with Crippen LogP contribution in [0.4, 0.5) is 0 Å². The number of amides is 1. The summed E-state index contributed by atoms with van der Waals surface area (Å²) in [5.41, 5.74) is 1.58. The Morgan fingerprint density at radius 2 is 1.87 bits per heavy atom. The Labute approximate surface area is 185 Å². The van der Waals surface area contributed by atoms with Crippen molar-refractivity contribution in [1.29, 1.82) is 0 Å². The van der Waals surface area contributed by atoms with Crippen LogP contribution in [0.5, 0.6) is 0 Å². The van der Waals surface area contributed by atoms with Crippen molar-refractivity contribution in [3.8, 4) is 0 Å². The molecule has 2 heterocycles. The largest absolute Gasteiger partial charge is 0.379 e. The van der Waals surface area contributed by atoms with Crippen molar-refractivity contribution < 1.29 is 17.9 Å². The van der Waals surface area contributed by atoms with Crippen molar-refractivity contribution in [2.45, 2.75) is 57.9 Å². The second-order valence-electron chi connectivity index (χ2n) is 7.77. The molecule has 3 rings (SSSR count). The molecule has 1 fully saturated rings. The van der Waals surface area contributed by atoms with Gasteiger partial charge in [0.1, 0.15) is 5.82 Å². The highest BCUT2D eigenvalue weighted by atomic mass is 32.2. The van der Waals surface area contributed by atoms with E-state index in [1.165, 1.54) is 4.31 Å². The van der Waals surface area contributed by atoms with Gasteiger partial charge in [0.05, 0.1) is 29.1 Å². The molecule has 2 aromatic rings. The monoisotopic (exact) mass is 450 g/mol. The fraction of sp³-hybridized carbons (Fsp3) is 0.636. The molecule has 1 saturated heterocycles. The molecule has 0 atom stereocenters. The maximum Gasteiger partial charge on any atom is 0.243 e. The average Bonchev–Trinajstić information content (AvgIpc) is 3.14. The number of ether oxygens (including phenoxy) is 1. The van der Waals surface area contributed by atoms with Crippen molar-refractivity contribution in [2.75, 3.05) is 39.4 Å². The van der Waals surface area contributed by atoms with Crippen LogP contribution in [0.3, 0.4) is 0 Å². The zero-order valence-corrected chi connectivity index (χ0v) is 19.7. The van der Waals surface area contributed by atoms with E-state index in [-0.39, 0.29) is 10.8 Å². The van der Waals surface area contributed by atoms with Crippen molar-refractivity contribution in [3.05, 3.63) is 24.0 Å². The molecule has 31 heavy (non-hydrogen) atoms. The van der Waals surface area contributed by atoms with Gasteiger partial charge in [0.25, 0.3) is 0 Å². The van der Waals surface area contributed by atoms with E-state index in [9.17, 15) is 13.2 Å². The van der Waals surface area contributed by atoms with E-state index in [0.717, 1.165) is 30.7 Å². The number of hydrogen-bond acceptors (Lipinski definition) is 5. The number of carbonyl (C=O) groups excluding carboxylic acids is 1. The number of aromatic nitrogens is 2. The van der Waals surface area contributed by atoms with Crippen LogP contribution in [0.1, 0.15) is 45.9 Å². The molecule has 9 heteroatoms. The first-order valence-electron chi connectivity index (χ1n) is 11.3. The molecule has 1 aliphatic heterocycles. The highest BCUT2D eigenvalue weighted by Crippen LogP contribution is 2.24. The lowest BCUT2D eigenvalue weighted by Gasteiger charge is -2.26. The highest BCUT2D eigenvalue weighted by molar-refractivity contribution is 7.89. The summed E-state index contributed by atoms with van der Waals surface area (Å²) in [6.07, 6.45) is 2.98. The van der Waals surface area contributed by atoms with Crippen LogP contribution in [0, 0.1) is 0 Å². The molecule has 1 aromatic carbocycles. The molecule has 0 spiro atoms. The minimum absolute atomic E-state index is 0.120. The molecule has 172 valence electrons. The third-order valence-corrected chi connectivity index (χ3v) is 7.72. The van der Waals surface area contributed by atoms with E-state index in [1.54, 1.807) is 12.1 Å². The molecule has 1 aromatic heterocycles. The number of rotatable bonds is 10. The summed E-state index contributed by atoms with van der Waals surface area (Å²) in [4.78, 5) is 19.3. The first-order chi connectivity index (χ1) is 14.9. The molecule has 8 nitrogen and oxygen atoms in total. The van der Waals surface area contributed by atoms with Crippen LogP contribution >= 0.6 is 0 Å². The van der Waals surface area contributed by atoms with E-state index in [2.05, 4.69) is 11.5 Å². The van der Waals surface area contributed by atoms with Crippen LogP contribution in [0.2, 0.25) is 0 Å². The summed E-state index contributed by atoms with van der Waals surface area (Å²) in [6, 6.07) is 5.18. The molecular formula is C22H34N4O4S. The number of sulfonamides is 1. The van der Waals surface area contributed by atoms with Crippen molar-refractivity contribution in [2.24, 2.45) is 0 Å².